The number of amides is 1. The van der Waals surface area contributed by atoms with Gasteiger partial charge in [0.15, 0.2) is 6.61 Å². The predicted molar refractivity (Wildman–Crippen MR) is 91.8 cm³/mol. The van der Waals surface area contributed by atoms with Gasteiger partial charge in [0.05, 0.1) is 20.8 Å². The highest BCUT2D eigenvalue weighted by Gasteiger charge is 2.13. The van der Waals surface area contributed by atoms with E-state index in [9.17, 15) is 4.79 Å². The van der Waals surface area contributed by atoms with Crippen LogP contribution >= 0.6 is 46.4 Å². The molecule has 0 aromatic heterocycles. The minimum absolute atomic E-state index is 0.249. The van der Waals surface area contributed by atoms with Gasteiger partial charge in [0, 0.05) is 0 Å². The Morgan fingerprint density at radius 1 is 1.05 bits per heavy atom. The number of benzene rings is 2. The Bertz CT molecular complexity index is 719. The number of anilines is 1. The molecule has 0 spiro atoms. The maximum atomic E-state index is 12.0. The van der Waals surface area contributed by atoms with Gasteiger partial charge in [0.25, 0.3) is 5.91 Å². The molecule has 0 aliphatic heterocycles. The van der Waals surface area contributed by atoms with Crippen molar-refractivity contribution in [1.29, 1.82) is 0 Å². The van der Waals surface area contributed by atoms with Crippen molar-refractivity contribution in [3.05, 3.63) is 56.0 Å². The van der Waals surface area contributed by atoms with Crippen molar-refractivity contribution >= 4 is 58.0 Å². The van der Waals surface area contributed by atoms with Crippen LogP contribution in [0.25, 0.3) is 0 Å². The van der Waals surface area contributed by atoms with Crippen LogP contribution < -0.4 is 10.1 Å². The summed E-state index contributed by atoms with van der Waals surface area (Å²) in [6, 6.07) is 8.35. The van der Waals surface area contributed by atoms with Gasteiger partial charge in [-0.1, -0.05) is 58.5 Å². The van der Waals surface area contributed by atoms with Crippen LogP contribution in [0, 0.1) is 6.92 Å². The first-order chi connectivity index (χ1) is 10.4. The van der Waals surface area contributed by atoms with Gasteiger partial charge in [-0.25, -0.2) is 0 Å². The van der Waals surface area contributed by atoms with E-state index in [1.807, 2.05) is 6.92 Å². The molecule has 1 amide bonds. The van der Waals surface area contributed by atoms with Crippen molar-refractivity contribution in [3.63, 3.8) is 0 Å². The third-order valence-corrected chi connectivity index (χ3v) is 4.43. The molecule has 0 saturated heterocycles. The Morgan fingerprint density at radius 3 is 2.50 bits per heavy atom. The van der Waals surface area contributed by atoms with E-state index in [0.29, 0.717) is 26.5 Å². The molecule has 0 aliphatic rings. The molecule has 1 N–H and O–H groups in total. The highest BCUT2D eigenvalue weighted by Crippen LogP contribution is 2.33. The molecule has 3 nitrogen and oxygen atoms in total. The van der Waals surface area contributed by atoms with Gasteiger partial charge in [-0.15, -0.1) is 0 Å². The number of halogens is 4. The molecule has 0 aliphatic carbocycles. The van der Waals surface area contributed by atoms with Crippen molar-refractivity contribution in [2.24, 2.45) is 0 Å². The Labute approximate surface area is 148 Å². The smallest absolute Gasteiger partial charge is 0.262 e. The second-order valence-electron chi connectivity index (χ2n) is 4.44. The SMILES string of the molecule is Cc1ccc(Cl)c(NC(=O)COc2cccc(Cl)c2Cl)c1Cl. The Balaban J connectivity index is 2.05. The van der Waals surface area contributed by atoms with E-state index in [0.717, 1.165) is 5.56 Å². The molecule has 7 heteroatoms. The lowest BCUT2D eigenvalue weighted by molar-refractivity contribution is -0.118. The first kappa shape index (κ1) is 17.2. The second kappa shape index (κ2) is 7.42. The van der Waals surface area contributed by atoms with E-state index >= 15 is 0 Å². The lowest BCUT2D eigenvalue weighted by Crippen LogP contribution is -2.20. The fourth-order valence-corrected chi connectivity index (χ4v) is 2.50. The van der Waals surface area contributed by atoms with Crippen molar-refractivity contribution < 1.29 is 9.53 Å². The third kappa shape index (κ3) is 3.99. The van der Waals surface area contributed by atoms with Gasteiger partial charge in [-0.05, 0) is 30.7 Å². The summed E-state index contributed by atoms with van der Waals surface area (Å²) < 4.78 is 5.35. The quantitative estimate of drug-likeness (QED) is 0.748. The van der Waals surface area contributed by atoms with Crippen LogP contribution in [0.3, 0.4) is 0 Å². The number of ether oxygens (including phenoxy) is 1. The van der Waals surface area contributed by atoms with Gasteiger partial charge in [0.1, 0.15) is 10.8 Å². The molecule has 2 rings (SSSR count). The molecular weight excluding hydrogens is 368 g/mol. The van der Waals surface area contributed by atoms with Crippen LogP contribution in [-0.2, 0) is 4.79 Å². The molecule has 0 atom stereocenters. The van der Waals surface area contributed by atoms with Crippen LogP contribution in [0.15, 0.2) is 30.3 Å². The number of carbonyl (C=O) groups is 1. The molecule has 0 radical (unpaired) electrons. The molecule has 0 saturated carbocycles. The monoisotopic (exact) mass is 377 g/mol. The van der Waals surface area contributed by atoms with Gasteiger partial charge >= 0.3 is 0 Å². The van der Waals surface area contributed by atoms with E-state index < -0.39 is 5.91 Å². The fourth-order valence-electron chi connectivity index (χ4n) is 1.69. The number of hydrogen-bond acceptors (Lipinski definition) is 2. The predicted octanol–water partition coefficient (Wildman–Crippen LogP) is 5.63. The number of aryl methyl sites for hydroxylation is 1. The summed E-state index contributed by atoms with van der Waals surface area (Å²) in [6.45, 7) is 1.57. The lowest BCUT2D eigenvalue weighted by atomic mass is 10.2. The molecule has 0 heterocycles. The molecule has 0 bridgehead atoms. The van der Waals surface area contributed by atoms with E-state index in [1.54, 1.807) is 30.3 Å². The minimum Gasteiger partial charge on any atom is -0.482 e. The van der Waals surface area contributed by atoms with Crippen molar-refractivity contribution in [3.8, 4) is 5.75 Å². The van der Waals surface area contributed by atoms with Gasteiger partial charge in [-0.3, -0.25) is 4.79 Å². The van der Waals surface area contributed by atoms with Crippen LogP contribution in [0.1, 0.15) is 5.56 Å². The van der Waals surface area contributed by atoms with Crippen molar-refractivity contribution in [2.45, 2.75) is 6.92 Å². The van der Waals surface area contributed by atoms with Gasteiger partial charge < -0.3 is 10.1 Å². The fraction of sp³-hybridized carbons (Fsp3) is 0.133. The summed E-state index contributed by atoms with van der Waals surface area (Å²) in [5.41, 5.74) is 1.16. The number of hydrogen-bond donors (Lipinski definition) is 1. The van der Waals surface area contributed by atoms with Crippen molar-refractivity contribution in [1.82, 2.24) is 0 Å². The number of rotatable bonds is 4. The molecule has 22 heavy (non-hydrogen) atoms. The highest BCUT2D eigenvalue weighted by atomic mass is 35.5. The first-order valence-electron chi connectivity index (χ1n) is 6.21. The summed E-state index contributed by atoms with van der Waals surface area (Å²) in [6.07, 6.45) is 0. The second-order valence-corrected chi connectivity index (χ2v) is 6.01. The average Bonchev–Trinajstić information content (AvgIpc) is 2.49. The summed E-state index contributed by atoms with van der Waals surface area (Å²) in [5.74, 6) is -0.0869. The topological polar surface area (TPSA) is 38.3 Å². The van der Waals surface area contributed by atoms with Crippen molar-refractivity contribution in [2.75, 3.05) is 11.9 Å². The van der Waals surface area contributed by atoms with E-state index in [1.165, 1.54) is 0 Å². The molecule has 116 valence electrons. The largest absolute Gasteiger partial charge is 0.482 e. The third-order valence-electron chi connectivity index (χ3n) is 2.82. The Kier molecular flexibility index (Phi) is 5.81. The molecular formula is C15H11Cl4NO2. The Morgan fingerprint density at radius 2 is 1.77 bits per heavy atom. The summed E-state index contributed by atoms with van der Waals surface area (Å²) >= 11 is 24.0. The van der Waals surface area contributed by atoms with Crippen LogP contribution in [0.4, 0.5) is 5.69 Å². The zero-order valence-corrected chi connectivity index (χ0v) is 14.4. The number of carbonyl (C=O) groups excluding carboxylic acids is 1. The standard InChI is InChI=1S/C15H11Cl4NO2/c1-8-5-6-10(17)15(13(8)18)20-12(21)7-22-11-4-2-3-9(16)14(11)19/h2-6H,7H2,1H3,(H,20,21). The van der Waals surface area contributed by atoms with E-state index in [2.05, 4.69) is 5.32 Å². The van der Waals surface area contributed by atoms with Crippen LogP contribution in [-0.4, -0.2) is 12.5 Å². The van der Waals surface area contributed by atoms with Crippen LogP contribution in [0.5, 0.6) is 5.75 Å². The molecule has 2 aromatic rings. The highest BCUT2D eigenvalue weighted by molar-refractivity contribution is 6.43. The minimum atomic E-state index is -0.412. The molecule has 0 unspecified atom stereocenters. The van der Waals surface area contributed by atoms with Gasteiger partial charge in [0.2, 0.25) is 0 Å². The number of nitrogens with one attached hydrogen (secondary N) is 1. The normalized spacial score (nSPS) is 10.4. The zero-order valence-electron chi connectivity index (χ0n) is 11.4. The average molecular weight is 379 g/mol. The Hall–Kier alpha value is -1.13. The summed E-state index contributed by atoms with van der Waals surface area (Å²) in [7, 11) is 0. The van der Waals surface area contributed by atoms with E-state index in [-0.39, 0.29) is 11.6 Å². The van der Waals surface area contributed by atoms with E-state index in [4.69, 9.17) is 51.1 Å². The lowest BCUT2D eigenvalue weighted by Gasteiger charge is -2.12. The molecule has 2 aromatic carbocycles. The van der Waals surface area contributed by atoms with Gasteiger partial charge in [-0.2, -0.15) is 0 Å². The zero-order chi connectivity index (χ0) is 16.3. The molecule has 0 fully saturated rings. The summed E-state index contributed by atoms with van der Waals surface area (Å²) in [5, 5.41) is 3.97. The maximum absolute atomic E-state index is 12.0. The maximum Gasteiger partial charge on any atom is 0.262 e. The summed E-state index contributed by atoms with van der Waals surface area (Å²) in [4.78, 5) is 12.0. The van der Waals surface area contributed by atoms with Crippen LogP contribution in [0.2, 0.25) is 20.1 Å². The first-order valence-corrected chi connectivity index (χ1v) is 7.72.